The summed E-state index contributed by atoms with van der Waals surface area (Å²) in [5.74, 6) is -0.279. The van der Waals surface area contributed by atoms with Gasteiger partial charge in [-0.3, -0.25) is 9.59 Å². The van der Waals surface area contributed by atoms with Gasteiger partial charge in [-0.05, 0) is 6.92 Å². The van der Waals surface area contributed by atoms with Crippen LogP contribution < -0.4 is 0 Å². The van der Waals surface area contributed by atoms with Crippen LogP contribution in [0.3, 0.4) is 0 Å². The average Bonchev–Trinajstić information content (AvgIpc) is 1.98. The molecule has 0 aromatic heterocycles. The Morgan fingerprint density at radius 3 is 2.82 bits per heavy atom. The van der Waals surface area contributed by atoms with Crippen LogP contribution in [0.4, 0.5) is 0 Å². The van der Waals surface area contributed by atoms with E-state index in [9.17, 15) is 9.59 Å². The van der Waals surface area contributed by atoms with Crippen molar-refractivity contribution >= 4 is 11.9 Å². The van der Waals surface area contributed by atoms with Gasteiger partial charge in [0, 0.05) is 13.0 Å². The van der Waals surface area contributed by atoms with Gasteiger partial charge >= 0.3 is 5.97 Å². The third-order valence-corrected chi connectivity index (χ3v) is 1.57. The molecule has 0 N–H and O–H groups in total. The summed E-state index contributed by atoms with van der Waals surface area (Å²) in [5, 5.41) is 0. The van der Waals surface area contributed by atoms with E-state index in [2.05, 4.69) is 4.74 Å². The van der Waals surface area contributed by atoms with E-state index in [4.69, 9.17) is 0 Å². The first-order valence-corrected chi connectivity index (χ1v) is 3.67. The Hall–Kier alpha value is -1.06. The third-order valence-electron chi connectivity index (χ3n) is 1.57. The molecule has 0 aliphatic carbocycles. The van der Waals surface area contributed by atoms with Crippen LogP contribution in [0.1, 0.15) is 13.3 Å². The quantitative estimate of drug-likeness (QED) is 0.420. The maximum Gasteiger partial charge on any atom is 0.325 e. The Bertz CT molecular complexity index is 179. The summed E-state index contributed by atoms with van der Waals surface area (Å²) in [6.07, 6.45) is 0.569. The van der Waals surface area contributed by atoms with Crippen LogP contribution in [-0.2, 0) is 14.3 Å². The molecule has 1 saturated heterocycles. The van der Waals surface area contributed by atoms with Crippen molar-refractivity contribution in [3.05, 3.63) is 0 Å². The minimum absolute atomic E-state index is 0.0399. The van der Waals surface area contributed by atoms with Gasteiger partial charge in [0.2, 0.25) is 5.91 Å². The largest absolute Gasteiger partial charge is 0.465 e. The van der Waals surface area contributed by atoms with E-state index in [0.717, 1.165) is 0 Å². The molecule has 0 bridgehead atoms. The van der Waals surface area contributed by atoms with E-state index < -0.39 is 0 Å². The SMILES string of the molecule is CCOC(=O)CN1CCC1=O. The zero-order valence-electron chi connectivity index (χ0n) is 6.50. The summed E-state index contributed by atoms with van der Waals surface area (Å²) in [7, 11) is 0. The van der Waals surface area contributed by atoms with Gasteiger partial charge in [0.05, 0.1) is 6.61 Å². The van der Waals surface area contributed by atoms with Gasteiger partial charge in [0.15, 0.2) is 0 Å². The fourth-order valence-electron chi connectivity index (χ4n) is 0.891. The molecule has 0 unspecified atom stereocenters. The molecule has 11 heavy (non-hydrogen) atoms. The molecule has 62 valence electrons. The highest BCUT2D eigenvalue weighted by molar-refractivity contribution is 5.86. The summed E-state index contributed by atoms with van der Waals surface area (Å²) in [6.45, 7) is 2.93. The number of carbonyl (C=O) groups is 2. The third kappa shape index (κ3) is 1.93. The van der Waals surface area contributed by atoms with Gasteiger partial charge in [-0.2, -0.15) is 0 Å². The summed E-state index contributed by atoms with van der Waals surface area (Å²) in [6, 6.07) is 0. The van der Waals surface area contributed by atoms with Crippen molar-refractivity contribution in [2.45, 2.75) is 13.3 Å². The van der Waals surface area contributed by atoms with Crippen LogP contribution in [0.5, 0.6) is 0 Å². The van der Waals surface area contributed by atoms with Crippen molar-refractivity contribution in [1.82, 2.24) is 4.90 Å². The molecule has 1 aliphatic heterocycles. The highest BCUT2D eigenvalue weighted by Crippen LogP contribution is 2.07. The van der Waals surface area contributed by atoms with Crippen molar-refractivity contribution in [2.75, 3.05) is 19.7 Å². The summed E-state index contributed by atoms with van der Waals surface area (Å²) in [4.78, 5) is 22.9. The minimum atomic E-state index is -0.319. The van der Waals surface area contributed by atoms with Crippen LogP contribution >= 0.6 is 0 Å². The summed E-state index contributed by atoms with van der Waals surface area (Å²) >= 11 is 0. The number of hydrogen-bond acceptors (Lipinski definition) is 3. The second-order valence-electron chi connectivity index (χ2n) is 2.37. The predicted octanol–water partition coefficient (Wildman–Crippen LogP) is -0.218. The number of hydrogen-bond donors (Lipinski definition) is 0. The van der Waals surface area contributed by atoms with Gasteiger partial charge in [0.25, 0.3) is 0 Å². The molecule has 4 nitrogen and oxygen atoms in total. The van der Waals surface area contributed by atoms with Gasteiger partial charge in [-0.15, -0.1) is 0 Å². The number of β-lactam (4-membered cyclic amide) rings is 1. The first-order chi connectivity index (χ1) is 5.24. The zero-order chi connectivity index (χ0) is 8.27. The van der Waals surface area contributed by atoms with E-state index in [1.807, 2.05) is 0 Å². The Morgan fingerprint density at radius 1 is 1.73 bits per heavy atom. The molecule has 0 spiro atoms. The molecule has 0 aromatic carbocycles. The number of amides is 1. The lowest BCUT2D eigenvalue weighted by Crippen LogP contribution is -2.46. The molecule has 1 rings (SSSR count). The van der Waals surface area contributed by atoms with Gasteiger partial charge in [-0.1, -0.05) is 0 Å². The molecule has 1 fully saturated rings. The molecular formula is C7H11NO3. The lowest BCUT2D eigenvalue weighted by atomic mass is 10.2. The number of ether oxygens (including phenoxy) is 1. The highest BCUT2D eigenvalue weighted by Gasteiger charge is 2.25. The molecule has 1 aliphatic rings. The monoisotopic (exact) mass is 157 g/mol. The second-order valence-corrected chi connectivity index (χ2v) is 2.37. The Labute approximate surface area is 65.1 Å². The van der Waals surface area contributed by atoms with Crippen LogP contribution in [0, 0.1) is 0 Å². The Kier molecular flexibility index (Phi) is 2.46. The van der Waals surface area contributed by atoms with E-state index in [1.165, 1.54) is 4.90 Å². The molecule has 0 aromatic rings. The van der Waals surface area contributed by atoms with Crippen LogP contribution in [0.2, 0.25) is 0 Å². The summed E-state index contributed by atoms with van der Waals surface area (Å²) < 4.78 is 4.66. The predicted molar refractivity (Wildman–Crippen MR) is 37.8 cm³/mol. The Morgan fingerprint density at radius 2 is 2.45 bits per heavy atom. The van der Waals surface area contributed by atoms with E-state index in [-0.39, 0.29) is 18.4 Å². The number of carbonyl (C=O) groups excluding carboxylic acids is 2. The smallest absolute Gasteiger partial charge is 0.325 e. The van der Waals surface area contributed by atoms with Crippen molar-refractivity contribution in [3.63, 3.8) is 0 Å². The van der Waals surface area contributed by atoms with Crippen LogP contribution in [0.25, 0.3) is 0 Å². The first kappa shape index (κ1) is 8.04. The van der Waals surface area contributed by atoms with Crippen molar-refractivity contribution in [2.24, 2.45) is 0 Å². The number of esters is 1. The lowest BCUT2D eigenvalue weighted by Gasteiger charge is -2.29. The average molecular weight is 157 g/mol. The van der Waals surface area contributed by atoms with Crippen molar-refractivity contribution < 1.29 is 14.3 Å². The zero-order valence-corrected chi connectivity index (χ0v) is 6.50. The van der Waals surface area contributed by atoms with Crippen LogP contribution in [-0.4, -0.2) is 36.5 Å². The van der Waals surface area contributed by atoms with Gasteiger partial charge < -0.3 is 9.64 Å². The normalized spacial score (nSPS) is 16.1. The lowest BCUT2D eigenvalue weighted by molar-refractivity contribution is -0.153. The number of likely N-dealkylation sites (tertiary alicyclic amines) is 1. The fraction of sp³-hybridized carbons (Fsp3) is 0.714. The Balaban J connectivity index is 2.19. The second kappa shape index (κ2) is 3.37. The maximum absolute atomic E-state index is 10.8. The van der Waals surface area contributed by atoms with Crippen molar-refractivity contribution in [1.29, 1.82) is 0 Å². The fourth-order valence-corrected chi connectivity index (χ4v) is 0.891. The van der Waals surface area contributed by atoms with Gasteiger partial charge in [-0.25, -0.2) is 0 Å². The number of rotatable bonds is 3. The standard InChI is InChI=1S/C7H11NO3/c1-2-11-7(10)5-8-4-3-6(8)9/h2-5H2,1H3. The maximum atomic E-state index is 10.8. The highest BCUT2D eigenvalue weighted by atomic mass is 16.5. The van der Waals surface area contributed by atoms with E-state index in [0.29, 0.717) is 19.6 Å². The minimum Gasteiger partial charge on any atom is -0.465 e. The topological polar surface area (TPSA) is 46.6 Å². The molecule has 0 radical (unpaired) electrons. The molecule has 4 heteroatoms. The van der Waals surface area contributed by atoms with Gasteiger partial charge in [0.1, 0.15) is 6.54 Å². The summed E-state index contributed by atoms with van der Waals surface area (Å²) in [5.41, 5.74) is 0. The van der Waals surface area contributed by atoms with E-state index in [1.54, 1.807) is 6.92 Å². The molecular weight excluding hydrogens is 146 g/mol. The van der Waals surface area contributed by atoms with E-state index >= 15 is 0 Å². The molecule has 0 atom stereocenters. The molecule has 0 saturated carbocycles. The number of nitrogens with zero attached hydrogens (tertiary/aromatic N) is 1. The molecule has 1 amide bonds. The first-order valence-electron chi connectivity index (χ1n) is 3.67. The van der Waals surface area contributed by atoms with Crippen LogP contribution in [0.15, 0.2) is 0 Å². The molecule has 1 heterocycles. The van der Waals surface area contributed by atoms with Crippen molar-refractivity contribution in [3.8, 4) is 0 Å².